The number of hydrogen-bond donors (Lipinski definition) is 2. The van der Waals surface area contributed by atoms with Gasteiger partial charge in [-0.25, -0.2) is 9.97 Å². The number of nitrogens with one attached hydrogen (secondary N) is 2. The van der Waals surface area contributed by atoms with E-state index in [4.69, 9.17) is 11.6 Å². The van der Waals surface area contributed by atoms with Crippen LogP contribution in [0.25, 0.3) is 11.2 Å². The standard InChI is InChI=1S/C11H13ClN4OS/c1-3-13-10(17)6(2)18-11-15-8-4-7(12)5-14-9(8)16-11/h4-6H,3H2,1-2H3,(H,13,17)(H,14,15,16)/t6-/m0/s1. The Kier molecular flexibility index (Phi) is 4.08. The predicted molar refractivity (Wildman–Crippen MR) is 72.9 cm³/mol. The van der Waals surface area contributed by atoms with E-state index in [1.54, 1.807) is 12.3 Å². The first-order valence-corrected chi connectivity index (χ1v) is 6.81. The smallest absolute Gasteiger partial charge is 0.233 e. The average molecular weight is 285 g/mol. The van der Waals surface area contributed by atoms with Gasteiger partial charge in [-0.15, -0.1) is 0 Å². The topological polar surface area (TPSA) is 70.7 Å². The van der Waals surface area contributed by atoms with E-state index < -0.39 is 0 Å². The summed E-state index contributed by atoms with van der Waals surface area (Å²) in [5.74, 6) is -0.00560. The Morgan fingerprint density at radius 1 is 1.67 bits per heavy atom. The number of thioether (sulfide) groups is 1. The second kappa shape index (κ2) is 5.58. The van der Waals surface area contributed by atoms with Gasteiger partial charge in [0.1, 0.15) is 0 Å². The molecule has 0 radical (unpaired) electrons. The van der Waals surface area contributed by atoms with Gasteiger partial charge in [0.2, 0.25) is 5.91 Å². The second-order valence-corrected chi connectivity index (χ2v) is 5.49. The fraction of sp³-hybridized carbons (Fsp3) is 0.364. The van der Waals surface area contributed by atoms with E-state index in [1.807, 2.05) is 13.8 Å². The summed E-state index contributed by atoms with van der Waals surface area (Å²) in [6.07, 6.45) is 1.55. The summed E-state index contributed by atoms with van der Waals surface area (Å²) in [6, 6.07) is 1.76. The average Bonchev–Trinajstić information content (AvgIpc) is 2.70. The van der Waals surface area contributed by atoms with E-state index in [0.717, 1.165) is 5.52 Å². The van der Waals surface area contributed by atoms with E-state index in [1.165, 1.54) is 11.8 Å². The number of hydrogen-bond acceptors (Lipinski definition) is 4. The molecule has 0 saturated carbocycles. The van der Waals surface area contributed by atoms with Crippen LogP contribution < -0.4 is 5.32 Å². The number of carbonyl (C=O) groups is 1. The molecule has 0 spiro atoms. The fourth-order valence-corrected chi connectivity index (χ4v) is 2.44. The lowest BCUT2D eigenvalue weighted by atomic mass is 10.4. The minimum atomic E-state index is -0.207. The minimum absolute atomic E-state index is 0.00560. The molecule has 0 bridgehead atoms. The fourth-order valence-electron chi connectivity index (χ4n) is 1.45. The molecule has 0 saturated heterocycles. The first-order valence-electron chi connectivity index (χ1n) is 5.55. The van der Waals surface area contributed by atoms with Gasteiger partial charge in [0, 0.05) is 12.7 Å². The highest BCUT2D eigenvalue weighted by atomic mass is 35.5. The van der Waals surface area contributed by atoms with Crippen LogP contribution in [0.4, 0.5) is 0 Å². The van der Waals surface area contributed by atoms with Crippen molar-refractivity contribution in [1.82, 2.24) is 20.3 Å². The number of H-pyrrole nitrogens is 1. The van der Waals surface area contributed by atoms with Gasteiger partial charge in [0.25, 0.3) is 0 Å². The Morgan fingerprint density at radius 2 is 2.44 bits per heavy atom. The van der Waals surface area contributed by atoms with Crippen LogP contribution >= 0.6 is 23.4 Å². The molecule has 1 amide bonds. The SMILES string of the molecule is CCNC(=O)[C@H](C)Sc1nc2ncc(Cl)cc2[nH]1. The lowest BCUT2D eigenvalue weighted by molar-refractivity contribution is -0.120. The van der Waals surface area contributed by atoms with E-state index in [2.05, 4.69) is 20.3 Å². The van der Waals surface area contributed by atoms with Crippen molar-refractivity contribution >= 4 is 40.4 Å². The predicted octanol–water partition coefficient (Wildman–Crippen LogP) is 2.23. The van der Waals surface area contributed by atoms with Crippen LogP contribution in [0.5, 0.6) is 0 Å². The molecule has 5 nitrogen and oxygen atoms in total. The van der Waals surface area contributed by atoms with Gasteiger partial charge in [0.15, 0.2) is 10.8 Å². The van der Waals surface area contributed by atoms with Crippen molar-refractivity contribution < 1.29 is 4.79 Å². The molecule has 0 aliphatic heterocycles. The van der Waals surface area contributed by atoms with E-state index >= 15 is 0 Å². The van der Waals surface area contributed by atoms with Crippen molar-refractivity contribution in [2.75, 3.05) is 6.54 Å². The maximum absolute atomic E-state index is 11.6. The number of carbonyl (C=O) groups excluding carboxylic acids is 1. The normalized spacial score (nSPS) is 12.6. The van der Waals surface area contributed by atoms with Crippen LogP contribution in [0.15, 0.2) is 17.4 Å². The van der Waals surface area contributed by atoms with Crippen molar-refractivity contribution in [2.45, 2.75) is 24.3 Å². The van der Waals surface area contributed by atoms with Crippen molar-refractivity contribution in [3.8, 4) is 0 Å². The summed E-state index contributed by atoms with van der Waals surface area (Å²) < 4.78 is 0. The molecule has 2 rings (SSSR count). The Morgan fingerprint density at radius 3 is 3.17 bits per heavy atom. The third kappa shape index (κ3) is 2.94. The number of rotatable bonds is 4. The van der Waals surface area contributed by atoms with Crippen molar-refractivity contribution in [2.24, 2.45) is 0 Å². The van der Waals surface area contributed by atoms with Crippen molar-refractivity contribution in [3.63, 3.8) is 0 Å². The second-order valence-electron chi connectivity index (χ2n) is 3.72. The molecule has 0 aromatic carbocycles. The summed E-state index contributed by atoms with van der Waals surface area (Å²) >= 11 is 7.21. The van der Waals surface area contributed by atoms with E-state index in [0.29, 0.717) is 22.4 Å². The number of nitrogens with zero attached hydrogens (tertiary/aromatic N) is 2. The number of pyridine rings is 1. The van der Waals surface area contributed by atoms with Gasteiger partial charge in [-0.2, -0.15) is 0 Å². The first kappa shape index (κ1) is 13.2. The number of aromatic amines is 1. The number of fused-ring (bicyclic) bond motifs is 1. The maximum atomic E-state index is 11.6. The van der Waals surface area contributed by atoms with Crippen molar-refractivity contribution in [1.29, 1.82) is 0 Å². The van der Waals surface area contributed by atoms with Gasteiger partial charge in [-0.3, -0.25) is 4.79 Å². The summed E-state index contributed by atoms with van der Waals surface area (Å²) in [4.78, 5) is 23.1. The largest absolute Gasteiger partial charge is 0.355 e. The highest BCUT2D eigenvalue weighted by molar-refractivity contribution is 8.00. The zero-order valence-corrected chi connectivity index (χ0v) is 11.6. The highest BCUT2D eigenvalue weighted by Gasteiger charge is 2.15. The van der Waals surface area contributed by atoms with Gasteiger partial charge < -0.3 is 10.3 Å². The van der Waals surface area contributed by atoms with Crippen LogP contribution in [0.2, 0.25) is 5.02 Å². The number of amides is 1. The van der Waals surface area contributed by atoms with Gasteiger partial charge >= 0.3 is 0 Å². The molecule has 18 heavy (non-hydrogen) atoms. The molecule has 2 aromatic rings. The zero-order valence-electron chi connectivity index (χ0n) is 10.0. The third-order valence-electron chi connectivity index (χ3n) is 2.29. The molecule has 0 fully saturated rings. The number of halogens is 1. The molecule has 2 heterocycles. The van der Waals surface area contributed by atoms with Crippen LogP contribution in [-0.2, 0) is 4.79 Å². The Hall–Kier alpha value is -1.27. The molecule has 0 aliphatic carbocycles. The van der Waals surface area contributed by atoms with Gasteiger partial charge in [-0.05, 0) is 19.9 Å². The summed E-state index contributed by atoms with van der Waals surface area (Å²) in [5, 5.41) is 3.78. The first-order chi connectivity index (χ1) is 8.60. The Bertz CT molecular complexity index is 571. The lowest BCUT2D eigenvalue weighted by Crippen LogP contribution is -2.30. The molecule has 2 aromatic heterocycles. The molecular formula is C11H13ClN4OS. The van der Waals surface area contributed by atoms with Crippen LogP contribution in [0, 0.1) is 0 Å². The van der Waals surface area contributed by atoms with Crippen LogP contribution in [0.3, 0.4) is 0 Å². The lowest BCUT2D eigenvalue weighted by Gasteiger charge is -2.08. The van der Waals surface area contributed by atoms with Crippen LogP contribution in [-0.4, -0.2) is 32.7 Å². The monoisotopic (exact) mass is 284 g/mol. The molecule has 1 atom stereocenters. The van der Waals surface area contributed by atoms with E-state index in [-0.39, 0.29) is 11.2 Å². The molecular weight excluding hydrogens is 272 g/mol. The van der Waals surface area contributed by atoms with Crippen LogP contribution in [0.1, 0.15) is 13.8 Å². The maximum Gasteiger partial charge on any atom is 0.233 e. The summed E-state index contributed by atoms with van der Waals surface area (Å²) in [5.41, 5.74) is 1.37. The minimum Gasteiger partial charge on any atom is -0.355 e. The van der Waals surface area contributed by atoms with Crippen molar-refractivity contribution in [3.05, 3.63) is 17.3 Å². The Labute approximate surface area is 114 Å². The van der Waals surface area contributed by atoms with Gasteiger partial charge in [0.05, 0.1) is 15.8 Å². The number of aromatic nitrogens is 3. The molecule has 96 valence electrons. The molecule has 0 aliphatic rings. The summed E-state index contributed by atoms with van der Waals surface area (Å²) in [7, 11) is 0. The molecule has 7 heteroatoms. The van der Waals surface area contributed by atoms with E-state index in [9.17, 15) is 4.79 Å². The Balaban J connectivity index is 2.14. The van der Waals surface area contributed by atoms with Gasteiger partial charge in [-0.1, -0.05) is 23.4 Å². The highest BCUT2D eigenvalue weighted by Crippen LogP contribution is 2.23. The molecule has 2 N–H and O–H groups in total. The summed E-state index contributed by atoms with van der Waals surface area (Å²) in [6.45, 7) is 4.35. The molecule has 0 unspecified atom stereocenters. The quantitative estimate of drug-likeness (QED) is 0.845. The number of imidazole rings is 1. The third-order valence-corrected chi connectivity index (χ3v) is 3.48. The zero-order chi connectivity index (χ0) is 13.1.